The van der Waals surface area contributed by atoms with Gasteiger partial charge < -0.3 is 5.73 Å². The number of aromatic nitrogens is 1. The number of hydrogen-bond donors (Lipinski definition) is 2. The molecule has 1 heterocycles. The second kappa shape index (κ2) is 5.31. The van der Waals surface area contributed by atoms with Gasteiger partial charge in [-0.05, 0) is 36.4 Å². The number of thiazole rings is 1. The van der Waals surface area contributed by atoms with Crippen LogP contribution in [0.1, 0.15) is 10.4 Å². The number of anilines is 2. The van der Waals surface area contributed by atoms with E-state index in [1.807, 2.05) is 0 Å². The Balaban J connectivity index is 1.89. The summed E-state index contributed by atoms with van der Waals surface area (Å²) >= 11 is 7.16. The molecule has 3 N–H and O–H groups in total. The number of nitrogens with zero attached hydrogens (tertiary/aromatic N) is 1. The van der Waals surface area contributed by atoms with Gasteiger partial charge in [0.05, 0.1) is 20.8 Å². The third-order valence-electron chi connectivity index (χ3n) is 2.81. The molecular weight excluding hydrogens is 313 g/mol. The predicted octanol–water partition coefficient (Wildman–Crippen LogP) is 3.92. The minimum Gasteiger partial charge on any atom is -0.399 e. The van der Waals surface area contributed by atoms with E-state index in [0.717, 1.165) is 16.3 Å². The summed E-state index contributed by atoms with van der Waals surface area (Å²) in [5, 5.41) is 3.13. The largest absolute Gasteiger partial charge is 0.399 e. The number of halogens is 2. The third-order valence-corrected chi connectivity index (χ3v) is 4.06. The fourth-order valence-electron chi connectivity index (χ4n) is 1.83. The summed E-state index contributed by atoms with van der Waals surface area (Å²) in [4.78, 5) is 16.4. The number of rotatable bonds is 2. The molecule has 21 heavy (non-hydrogen) atoms. The number of carbonyl (C=O) groups excluding carboxylic acids is 1. The molecule has 106 valence electrons. The Morgan fingerprint density at radius 3 is 2.86 bits per heavy atom. The van der Waals surface area contributed by atoms with Gasteiger partial charge in [0.1, 0.15) is 5.82 Å². The zero-order valence-corrected chi connectivity index (χ0v) is 12.1. The molecule has 3 rings (SSSR count). The van der Waals surface area contributed by atoms with Crippen LogP contribution in [0, 0.1) is 5.82 Å². The SMILES string of the molecule is Nc1ccc2nc(NC(=O)c3ccc(F)cc3Cl)sc2c1. The van der Waals surface area contributed by atoms with E-state index in [1.54, 1.807) is 18.2 Å². The number of hydrogen-bond acceptors (Lipinski definition) is 4. The Morgan fingerprint density at radius 2 is 2.10 bits per heavy atom. The Morgan fingerprint density at radius 1 is 1.29 bits per heavy atom. The lowest BCUT2D eigenvalue weighted by Gasteiger charge is -2.03. The van der Waals surface area contributed by atoms with Crippen molar-refractivity contribution in [1.29, 1.82) is 0 Å². The molecule has 7 heteroatoms. The van der Waals surface area contributed by atoms with E-state index >= 15 is 0 Å². The number of nitrogens with one attached hydrogen (secondary N) is 1. The highest BCUT2D eigenvalue weighted by Crippen LogP contribution is 2.28. The number of carbonyl (C=O) groups is 1. The molecule has 4 nitrogen and oxygen atoms in total. The van der Waals surface area contributed by atoms with E-state index in [4.69, 9.17) is 17.3 Å². The average molecular weight is 322 g/mol. The number of fused-ring (bicyclic) bond motifs is 1. The van der Waals surface area contributed by atoms with Crippen LogP contribution in [0.15, 0.2) is 36.4 Å². The topological polar surface area (TPSA) is 68.0 Å². The lowest BCUT2D eigenvalue weighted by molar-refractivity contribution is 0.102. The van der Waals surface area contributed by atoms with Crippen molar-refractivity contribution >= 4 is 49.9 Å². The van der Waals surface area contributed by atoms with Gasteiger partial charge in [-0.2, -0.15) is 0 Å². The summed E-state index contributed by atoms with van der Waals surface area (Å²) in [7, 11) is 0. The molecule has 0 aliphatic rings. The van der Waals surface area contributed by atoms with Gasteiger partial charge in [-0.15, -0.1) is 0 Å². The van der Waals surface area contributed by atoms with Gasteiger partial charge >= 0.3 is 0 Å². The van der Waals surface area contributed by atoms with Gasteiger partial charge in [-0.1, -0.05) is 22.9 Å². The maximum Gasteiger partial charge on any atom is 0.258 e. The first-order valence-electron chi connectivity index (χ1n) is 5.95. The molecule has 0 radical (unpaired) electrons. The highest BCUT2D eigenvalue weighted by Gasteiger charge is 2.13. The monoisotopic (exact) mass is 321 g/mol. The average Bonchev–Trinajstić information content (AvgIpc) is 2.79. The van der Waals surface area contributed by atoms with Crippen LogP contribution in [0.5, 0.6) is 0 Å². The van der Waals surface area contributed by atoms with Gasteiger partial charge in [0.2, 0.25) is 0 Å². The van der Waals surface area contributed by atoms with E-state index in [9.17, 15) is 9.18 Å². The molecule has 1 aromatic heterocycles. The maximum absolute atomic E-state index is 13.0. The van der Waals surface area contributed by atoms with Gasteiger partial charge in [-0.25, -0.2) is 9.37 Å². The lowest BCUT2D eigenvalue weighted by atomic mass is 10.2. The zero-order valence-electron chi connectivity index (χ0n) is 10.6. The highest BCUT2D eigenvalue weighted by molar-refractivity contribution is 7.22. The standard InChI is InChI=1S/C14H9ClFN3OS/c15-10-5-7(16)1-3-9(10)13(20)19-14-18-11-4-2-8(17)6-12(11)21-14/h1-6H,17H2,(H,18,19,20). The molecule has 0 saturated heterocycles. The van der Waals surface area contributed by atoms with Crippen molar-refractivity contribution in [2.75, 3.05) is 11.1 Å². The normalized spacial score (nSPS) is 10.8. The van der Waals surface area contributed by atoms with Crippen molar-refractivity contribution in [3.05, 3.63) is 52.8 Å². The predicted molar refractivity (Wildman–Crippen MR) is 83.4 cm³/mol. The molecule has 1 amide bonds. The Bertz CT molecular complexity index is 849. The van der Waals surface area contributed by atoms with Crippen LogP contribution in [0.4, 0.5) is 15.2 Å². The number of benzene rings is 2. The molecule has 2 aromatic carbocycles. The second-order valence-corrected chi connectivity index (χ2v) is 5.76. The van der Waals surface area contributed by atoms with E-state index in [-0.39, 0.29) is 10.6 Å². The fourth-order valence-corrected chi connectivity index (χ4v) is 3.00. The van der Waals surface area contributed by atoms with Gasteiger partial charge in [0.15, 0.2) is 5.13 Å². The summed E-state index contributed by atoms with van der Waals surface area (Å²) in [6.07, 6.45) is 0. The molecule has 0 fully saturated rings. The first-order valence-corrected chi connectivity index (χ1v) is 7.15. The number of amides is 1. The molecule has 0 spiro atoms. The quantitative estimate of drug-likeness (QED) is 0.703. The second-order valence-electron chi connectivity index (χ2n) is 4.32. The molecule has 0 aliphatic carbocycles. The van der Waals surface area contributed by atoms with Crippen LogP contribution < -0.4 is 11.1 Å². The van der Waals surface area contributed by atoms with Crippen molar-refractivity contribution in [3.63, 3.8) is 0 Å². The minimum atomic E-state index is -0.494. The van der Waals surface area contributed by atoms with Crippen LogP contribution in [-0.4, -0.2) is 10.9 Å². The lowest BCUT2D eigenvalue weighted by Crippen LogP contribution is -2.12. The summed E-state index contributed by atoms with van der Waals surface area (Å²) in [5.74, 6) is -0.931. The summed E-state index contributed by atoms with van der Waals surface area (Å²) in [6.45, 7) is 0. The summed E-state index contributed by atoms with van der Waals surface area (Å²) < 4.78 is 13.8. The van der Waals surface area contributed by atoms with E-state index in [2.05, 4.69) is 10.3 Å². The van der Waals surface area contributed by atoms with Crippen molar-refractivity contribution in [2.24, 2.45) is 0 Å². The molecule has 0 bridgehead atoms. The Hall–Kier alpha value is -2.18. The third kappa shape index (κ3) is 2.81. The minimum absolute atomic E-state index is 0.0536. The van der Waals surface area contributed by atoms with E-state index in [1.165, 1.54) is 23.5 Å². The molecular formula is C14H9ClFN3OS. The van der Waals surface area contributed by atoms with Gasteiger partial charge in [0, 0.05) is 5.69 Å². The number of nitrogens with two attached hydrogens (primary N) is 1. The summed E-state index contributed by atoms with van der Waals surface area (Å²) in [6, 6.07) is 8.91. The van der Waals surface area contributed by atoms with Crippen LogP contribution in [0.2, 0.25) is 5.02 Å². The van der Waals surface area contributed by atoms with Crippen LogP contribution in [0.3, 0.4) is 0 Å². The number of nitrogen functional groups attached to an aromatic ring is 1. The van der Waals surface area contributed by atoms with Crippen LogP contribution in [-0.2, 0) is 0 Å². The van der Waals surface area contributed by atoms with Crippen molar-refractivity contribution in [1.82, 2.24) is 4.98 Å². The molecule has 3 aromatic rings. The van der Waals surface area contributed by atoms with E-state index in [0.29, 0.717) is 10.8 Å². The molecule has 0 unspecified atom stereocenters. The Labute approximate surface area is 128 Å². The maximum atomic E-state index is 13.0. The smallest absolute Gasteiger partial charge is 0.258 e. The van der Waals surface area contributed by atoms with Crippen molar-refractivity contribution < 1.29 is 9.18 Å². The van der Waals surface area contributed by atoms with Gasteiger partial charge in [0.25, 0.3) is 5.91 Å². The van der Waals surface area contributed by atoms with Gasteiger partial charge in [-0.3, -0.25) is 10.1 Å². The molecule has 0 atom stereocenters. The highest BCUT2D eigenvalue weighted by atomic mass is 35.5. The van der Waals surface area contributed by atoms with E-state index < -0.39 is 11.7 Å². The van der Waals surface area contributed by atoms with Crippen molar-refractivity contribution in [3.8, 4) is 0 Å². The van der Waals surface area contributed by atoms with Crippen LogP contribution in [0.25, 0.3) is 10.2 Å². The summed E-state index contributed by atoms with van der Waals surface area (Å²) in [5.41, 5.74) is 7.26. The molecule has 0 aliphatic heterocycles. The van der Waals surface area contributed by atoms with Crippen molar-refractivity contribution in [2.45, 2.75) is 0 Å². The Kier molecular flexibility index (Phi) is 3.48. The first-order chi connectivity index (χ1) is 10.0. The molecule has 0 saturated carbocycles. The van der Waals surface area contributed by atoms with Crippen LogP contribution >= 0.6 is 22.9 Å². The first kappa shape index (κ1) is 13.8. The fraction of sp³-hybridized carbons (Fsp3) is 0. The zero-order chi connectivity index (χ0) is 15.0.